The molecule has 1 amide bonds. The summed E-state index contributed by atoms with van der Waals surface area (Å²) in [5.41, 5.74) is 0. The third-order valence-electron chi connectivity index (χ3n) is 4.37. The number of rotatable bonds is 5. The Morgan fingerprint density at radius 2 is 2.10 bits per heavy atom. The number of thiophene rings is 1. The van der Waals surface area contributed by atoms with Gasteiger partial charge in [-0.2, -0.15) is 0 Å². The fourth-order valence-electron chi connectivity index (χ4n) is 3.49. The summed E-state index contributed by atoms with van der Waals surface area (Å²) in [6, 6.07) is 5.53. The van der Waals surface area contributed by atoms with Crippen LogP contribution in [0, 0.1) is 5.92 Å². The van der Waals surface area contributed by atoms with Crippen LogP contribution in [0.3, 0.4) is 0 Å². The number of piperidine rings is 1. The largest absolute Gasteiger partial charge is 0.356 e. The van der Waals surface area contributed by atoms with Gasteiger partial charge in [-0.25, -0.2) is 0 Å². The Kier molecular flexibility index (Phi) is 4.79. The van der Waals surface area contributed by atoms with Gasteiger partial charge in [-0.15, -0.1) is 11.3 Å². The molecule has 0 aromatic carbocycles. The molecule has 110 valence electrons. The molecule has 1 aromatic heterocycles. The Morgan fingerprint density at radius 1 is 1.35 bits per heavy atom. The standard InChI is InChI=1S/C15H21BrN2OS/c16-14-4-3-13(20-14)5-6-17-15(19)9-10-7-11-1-2-12(8-10)18-11/h3-4,10-12,18H,1-2,5-9H2,(H,17,19). The summed E-state index contributed by atoms with van der Waals surface area (Å²) in [6.07, 6.45) is 6.61. The number of amides is 1. The van der Waals surface area contributed by atoms with Crippen LogP contribution >= 0.6 is 27.3 Å². The van der Waals surface area contributed by atoms with Crippen molar-refractivity contribution in [3.8, 4) is 0 Å². The third kappa shape index (κ3) is 3.83. The molecule has 3 heterocycles. The molecule has 0 aliphatic carbocycles. The minimum absolute atomic E-state index is 0.229. The summed E-state index contributed by atoms with van der Waals surface area (Å²) in [5, 5.41) is 6.70. The predicted octanol–water partition coefficient (Wildman–Crippen LogP) is 3.09. The van der Waals surface area contributed by atoms with Crippen molar-refractivity contribution in [3.05, 3.63) is 20.8 Å². The molecule has 0 saturated carbocycles. The second kappa shape index (κ2) is 6.58. The lowest BCUT2D eigenvalue weighted by Crippen LogP contribution is -2.39. The Balaban J connectivity index is 1.37. The predicted molar refractivity (Wildman–Crippen MR) is 86.0 cm³/mol. The van der Waals surface area contributed by atoms with Gasteiger partial charge in [0.25, 0.3) is 0 Å². The highest BCUT2D eigenvalue weighted by atomic mass is 79.9. The Hall–Kier alpha value is -0.390. The quantitative estimate of drug-likeness (QED) is 0.850. The highest BCUT2D eigenvalue weighted by molar-refractivity contribution is 9.11. The molecule has 2 atom stereocenters. The van der Waals surface area contributed by atoms with E-state index in [1.807, 2.05) is 0 Å². The minimum Gasteiger partial charge on any atom is -0.356 e. The number of carbonyl (C=O) groups excluding carboxylic acids is 1. The Bertz CT molecular complexity index is 464. The molecule has 2 saturated heterocycles. The van der Waals surface area contributed by atoms with Gasteiger partial charge in [0.05, 0.1) is 3.79 Å². The summed E-state index contributed by atoms with van der Waals surface area (Å²) in [7, 11) is 0. The molecule has 2 N–H and O–H groups in total. The van der Waals surface area contributed by atoms with E-state index in [2.05, 4.69) is 38.7 Å². The highest BCUT2D eigenvalue weighted by Crippen LogP contribution is 2.32. The molecule has 2 bridgehead atoms. The van der Waals surface area contributed by atoms with E-state index in [4.69, 9.17) is 0 Å². The number of hydrogen-bond donors (Lipinski definition) is 2. The summed E-state index contributed by atoms with van der Waals surface area (Å²) >= 11 is 5.20. The van der Waals surface area contributed by atoms with Gasteiger partial charge in [-0.05, 0) is 66.1 Å². The van der Waals surface area contributed by atoms with Crippen LogP contribution in [0.1, 0.15) is 37.0 Å². The van der Waals surface area contributed by atoms with Crippen LogP contribution in [-0.4, -0.2) is 24.5 Å². The van der Waals surface area contributed by atoms with Crippen LogP contribution in [-0.2, 0) is 11.2 Å². The normalized spacial score (nSPS) is 28.6. The van der Waals surface area contributed by atoms with Crippen molar-refractivity contribution in [3.63, 3.8) is 0 Å². The van der Waals surface area contributed by atoms with E-state index in [0.717, 1.165) is 16.8 Å². The molecule has 5 heteroatoms. The smallest absolute Gasteiger partial charge is 0.220 e. The van der Waals surface area contributed by atoms with E-state index in [1.54, 1.807) is 11.3 Å². The van der Waals surface area contributed by atoms with Gasteiger partial charge in [0, 0.05) is 29.9 Å². The average molecular weight is 357 g/mol. The van der Waals surface area contributed by atoms with E-state index in [1.165, 1.54) is 30.6 Å². The van der Waals surface area contributed by atoms with Crippen molar-refractivity contribution < 1.29 is 4.79 Å². The summed E-state index contributed by atoms with van der Waals surface area (Å²) in [5.74, 6) is 0.816. The van der Waals surface area contributed by atoms with Crippen LogP contribution in [0.5, 0.6) is 0 Å². The maximum atomic E-state index is 12.0. The van der Waals surface area contributed by atoms with Gasteiger partial charge in [0.1, 0.15) is 0 Å². The number of fused-ring (bicyclic) bond motifs is 2. The zero-order chi connectivity index (χ0) is 13.9. The molecule has 0 radical (unpaired) electrons. The summed E-state index contributed by atoms with van der Waals surface area (Å²) < 4.78 is 1.16. The minimum atomic E-state index is 0.229. The van der Waals surface area contributed by atoms with Crippen LogP contribution in [0.2, 0.25) is 0 Å². The average Bonchev–Trinajstić information content (AvgIpc) is 2.96. The fourth-order valence-corrected chi connectivity index (χ4v) is 4.97. The van der Waals surface area contributed by atoms with E-state index >= 15 is 0 Å². The zero-order valence-corrected chi connectivity index (χ0v) is 13.9. The van der Waals surface area contributed by atoms with Gasteiger partial charge in [-0.1, -0.05) is 0 Å². The first-order valence-corrected chi connectivity index (χ1v) is 9.07. The lowest BCUT2D eigenvalue weighted by Gasteiger charge is -2.28. The van der Waals surface area contributed by atoms with Crippen LogP contribution in [0.4, 0.5) is 0 Å². The second-order valence-electron chi connectivity index (χ2n) is 5.99. The van der Waals surface area contributed by atoms with Gasteiger partial charge >= 0.3 is 0 Å². The SMILES string of the molecule is O=C(CC1CC2CCC(C1)N2)NCCc1ccc(Br)s1. The maximum Gasteiger partial charge on any atom is 0.220 e. The van der Waals surface area contributed by atoms with Crippen molar-refractivity contribution in [1.29, 1.82) is 0 Å². The van der Waals surface area contributed by atoms with E-state index < -0.39 is 0 Å². The zero-order valence-electron chi connectivity index (χ0n) is 11.5. The molecule has 1 aromatic rings. The highest BCUT2D eigenvalue weighted by Gasteiger charge is 2.33. The maximum absolute atomic E-state index is 12.0. The van der Waals surface area contributed by atoms with Gasteiger partial charge in [-0.3, -0.25) is 4.79 Å². The van der Waals surface area contributed by atoms with Gasteiger partial charge in [0.15, 0.2) is 0 Å². The number of nitrogens with one attached hydrogen (secondary N) is 2. The van der Waals surface area contributed by atoms with Crippen molar-refractivity contribution in [2.45, 2.75) is 50.6 Å². The van der Waals surface area contributed by atoms with E-state index in [9.17, 15) is 4.79 Å². The van der Waals surface area contributed by atoms with E-state index in [0.29, 0.717) is 24.4 Å². The number of halogens is 1. The molecular formula is C15H21BrN2OS. The number of hydrogen-bond acceptors (Lipinski definition) is 3. The first kappa shape index (κ1) is 14.5. The summed E-state index contributed by atoms with van der Waals surface area (Å²) in [6.45, 7) is 0.754. The molecule has 3 nitrogen and oxygen atoms in total. The van der Waals surface area contributed by atoms with Crippen molar-refractivity contribution in [1.82, 2.24) is 10.6 Å². The molecule has 0 spiro atoms. The second-order valence-corrected chi connectivity index (χ2v) is 8.53. The fraction of sp³-hybridized carbons (Fsp3) is 0.667. The molecule has 3 rings (SSSR count). The van der Waals surface area contributed by atoms with Crippen molar-refractivity contribution in [2.75, 3.05) is 6.54 Å². The molecular weight excluding hydrogens is 336 g/mol. The van der Waals surface area contributed by atoms with E-state index in [-0.39, 0.29) is 5.91 Å². The monoisotopic (exact) mass is 356 g/mol. The van der Waals surface area contributed by atoms with Gasteiger partial charge in [0.2, 0.25) is 5.91 Å². The van der Waals surface area contributed by atoms with Crippen LogP contribution in [0.25, 0.3) is 0 Å². The third-order valence-corrected chi connectivity index (χ3v) is 6.05. The van der Waals surface area contributed by atoms with Crippen molar-refractivity contribution >= 4 is 33.2 Å². The lowest BCUT2D eigenvalue weighted by atomic mass is 9.89. The van der Waals surface area contributed by atoms with Crippen LogP contribution < -0.4 is 10.6 Å². The molecule has 2 aliphatic heterocycles. The molecule has 2 aliphatic rings. The first-order chi connectivity index (χ1) is 9.69. The molecule has 2 unspecified atom stereocenters. The van der Waals surface area contributed by atoms with Gasteiger partial charge < -0.3 is 10.6 Å². The molecule has 2 fully saturated rings. The Morgan fingerprint density at radius 3 is 2.75 bits per heavy atom. The van der Waals surface area contributed by atoms with Crippen molar-refractivity contribution in [2.24, 2.45) is 5.92 Å². The van der Waals surface area contributed by atoms with Crippen LogP contribution in [0.15, 0.2) is 15.9 Å². The topological polar surface area (TPSA) is 41.1 Å². The first-order valence-electron chi connectivity index (χ1n) is 7.46. The Labute approximate surface area is 132 Å². The molecule has 20 heavy (non-hydrogen) atoms. The summed E-state index contributed by atoms with van der Waals surface area (Å²) in [4.78, 5) is 13.3. The lowest BCUT2D eigenvalue weighted by molar-refractivity contribution is -0.122. The number of carbonyl (C=O) groups is 1.